The van der Waals surface area contributed by atoms with Gasteiger partial charge >= 0.3 is 7.12 Å². The third-order valence-electron chi connectivity index (χ3n) is 2.02. The Bertz CT molecular complexity index is 303. The second-order valence-electron chi connectivity index (χ2n) is 2.73. The first-order valence-electron chi connectivity index (χ1n) is 3.78. The molecule has 1 aliphatic heterocycles. The van der Waals surface area contributed by atoms with E-state index in [1.807, 2.05) is 24.5 Å². The van der Waals surface area contributed by atoms with Gasteiger partial charge in [-0.3, -0.25) is 0 Å². The zero-order chi connectivity index (χ0) is 8.55. The van der Waals surface area contributed by atoms with Gasteiger partial charge in [-0.1, -0.05) is 6.07 Å². The Kier molecular flexibility index (Phi) is 2.13. The van der Waals surface area contributed by atoms with Crippen LogP contribution in [0.4, 0.5) is 0 Å². The van der Waals surface area contributed by atoms with Crippen LogP contribution in [0.25, 0.3) is 0 Å². The van der Waals surface area contributed by atoms with Crippen LogP contribution >= 0.6 is 11.8 Å². The number of benzene rings is 1. The Morgan fingerprint density at radius 2 is 2.42 bits per heavy atom. The molecular weight excluding hydrogens is 171 g/mol. The fraction of sp³-hybridized carbons (Fsp3) is 0.250. The van der Waals surface area contributed by atoms with Gasteiger partial charge in [0.05, 0.1) is 6.61 Å². The molecule has 0 saturated heterocycles. The van der Waals surface area contributed by atoms with Crippen LogP contribution in [0, 0.1) is 0 Å². The molecule has 1 aromatic carbocycles. The molecule has 0 bridgehead atoms. The molecule has 1 N–H and O–H groups in total. The Morgan fingerprint density at radius 3 is 3.17 bits per heavy atom. The second kappa shape index (κ2) is 3.13. The number of thioether (sulfide) groups is 1. The molecule has 1 aromatic rings. The highest BCUT2D eigenvalue weighted by atomic mass is 32.2. The molecule has 0 fully saturated rings. The number of hydrogen-bond acceptors (Lipinski definition) is 3. The van der Waals surface area contributed by atoms with E-state index in [1.165, 1.54) is 4.90 Å². The monoisotopic (exact) mass is 180 g/mol. The van der Waals surface area contributed by atoms with Crippen LogP contribution < -0.4 is 5.46 Å². The summed E-state index contributed by atoms with van der Waals surface area (Å²) in [7, 11) is -0.716. The van der Waals surface area contributed by atoms with E-state index in [4.69, 9.17) is 4.65 Å². The zero-order valence-electron chi connectivity index (χ0n) is 6.78. The van der Waals surface area contributed by atoms with Crippen molar-refractivity contribution < 1.29 is 9.68 Å². The predicted molar refractivity (Wildman–Crippen MR) is 50.6 cm³/mol. The Hall–Kier alpha value is -0.445. The average molecular weight is 180 g/mol. The fourth-order valence-electron chi connectivity index (χ4n) is 1.32. The first kappa shape index (κ1) is 8.17. The van der Waals surface area contributed by atoms with E-state index in [0.717, 1.165) is 11.0 Å². The summed E-state index contributed by atoms with van der Waals surface area (Å²) < 4.78 is 5.07. The standard InChI is InChI=1S/C8H9BO2S/c1-12-7-3-2-6-5-11-9(10)8(6)4-7/h2-4,10H,5H2,1H3. The molecule has 2 nitrogen and oxygen atoms in total. The number of fused-ring (bicyclic) bond motifs is 1. The molecule has 0 aromatic heterocycles. The molecule has 0 atom stereocenters. The van der Waals surface area contributed by atoms with Gasteiger partial charge in [0.2, 0.25) is 0 Å². The van der Waals surface area contributed by atoms with Crippen LogP contribution in [0.3, 0.4) is 0 Å². The van der Waals surface area contributed by atoms with E-state index in [9.17, 15) is 5.02 Å². The van der Waals surface area contributed by atoms with E-state index in [2.05, 4.69) is 0 Å². The van der Waals surface area contributed by atoms with Crippen molar-refractivity contribution in [3.8, 4) is 0 Å². The van der Waals surface area contributed by atoms with E-state index < -0.39 is 7.12 Å². The van der Waals surface area contributed by atoms with Crippen LogP contribution in [0.1, 0.15) is 5.56 Å². The summed E-state index contributed by atoms with van der Waals surface area (Å²) in [6, 6.07) is 6.04. The summed E-state index contributed by atoms with van der Waals surface area (Å²) in [6.07, 6.45) is 2.02. The fourth-order valence-corrected chi connectivity index (χ4v) is 1.77. The van der Waals surface area contributed by atoms with Gasteiger partial charge in [0.1, 0.15) is 0 Å². The van der Waals surface area contributed by atoms with Crippen molar-refractivity contribution in [3.63, 3.8) is 0 Å². The van der Waals surface area contributed by atoms with E-state index >= 15 is 0 Å². The van der Waals surface area contributed by atoms with E-state index in [-0.39, 0.29) is 0 Å². The minimum atomic E-state index is -0.716. The molecule has 1 aliphatic rings. The molecule has 0 aliphatic carbocycles. The number of hydrogen-bond donors (Lipinski definition) is 1. The topological polar surface area (TPSA) is 29.5 Å². The van der Waals surface area contributed by atoms with Crippen molar-refractivity contribution in [2.75, 3.05) is 6.26 Å². The van der Waals surface area contributed by atoms with E-state index in [0.29, 0.717) is 6.61 Å². The zero-order valence-corrected chi connectivity index (χ0v) is 7.60. The van der Waals surface area contributed by atoms with Gasteiger partial charge in [0, 0.05) is 4.90 Å². The summed E-state index contributed by atoms with van der Waals surface area (Å²) in [5.41, 5.74) is 2.02. The highest BCUT2D eigenvalue weighted by Gasteiger charge is 2.26. The predicted octanol–water partition coefficient (Wildman–Crippen LogP) is 0.626. The van der Waals surface area contributed by atoms with Gasteiger partial charge in [-0.2, -0.15) is 0 Å². The van der Waals surface area contributed by atoms with Crippen molar-refractivity contribution in [2.24, 2.45) is 0 Å². The summed E-state index contributed by atoms with van der Waals surface area (Å²) in [5.74, 6) is 0. The molecule has 0 spiro atoms. The molecular formula is C8H9BO2S. The molecule has 1 heterocycles. The third kappa shape index (κ3) is 1.26. The van der Waals surface area contributed by atoms with Gasteiger partial charge in [0.15, 0.2) is 0 Å². The summed E-state index contributed by atoms with van der Waals surface area (Å²) >= 11 is 1.67. The maximum absolute atomic E-state index is 9.37. The molecule has 12 heavy (non-hydrogen) atoms. The second-order valence-corrected chi connectivity index (χ2v) is 3.61. The summed E-state index contributed by atoms with van der Waals surface area (Å²) in [6.45, 7) is 0.533. The molecule has 0 radical (unpaired) electrons. The molecule has 0 saturated carbocycles. The molecule has 0 unspecified atom stereocenters. The normalized spacial score (nSPS) is 15.0. The van der Waals surface area contributed by atoms with Crippen LogP contribution in [0.2, 0.25) is 0 Å². The molecule has 4 heteroatoms. The van der Waals surface area contributed by atoms with Crippen molar-refractivity contribution in [2.45, 2.75) is 11.5 Å². The lowest BCUT2D eigenvalue weighted by Crippen LogP contribution is -2.27. The molecule has 0 amide bonds. The lowest BCUT2D eigenvalue weighted by Gasteiger charge is -2.00. The lowest BCUT2D eigenvalue weighted by atomic mass is 9.80. The van der Waals surface area contributed by atoms with Gasteiger partial charge in [-0.25, -0.2) is 0 Å². The third-order valence-corrected chi connectivity index (χ3v) is 2.74. The lowest BCUT2D eigenvalue weighted by molar-refractivity contribution is 0.275. The largest absolute Gasteiger partial charge is 0.491 e. The minimum absolute atomic E-state index is 0.533. The Balaban J connectivity index is 2.43. The van der Waals surface area contributed by atoms with Crippen molar-refractivity contribution in [1.29, 1.82) is 0 Å². The van der Waals surface area contributed by atoms with Crippen LogP contribution in [-0.2, 0) is 11.3 Å². The Morgan fingerprint density at radius 1 is 1.58 bits per heavy atom. The molecule has 62 valence electrons. The number of rotatable bonds is 1. The summed E-state index contributed by atoms with van der Waals surface area (Å²) in [5, 5.41) is 9.37. The van der Waals surface area contributed by atoms with Crippen LogP contribution in [0.15, 0.2) is 23.1 Å². The highest BCUT2D eigenvalue weighted by molar-refractivity contribution is 7.98. The van der Waals surface area contributed by atoms with Gasteiger partial charge in [-0.15, -0.1) is 11.8 Å². The maximum atomic E-state index is 9.37. The van der Waals surface area contributed by atoms with Crippen LogP contribution in [0.5, 0.6) is 0 Å². The average Bonchev–Trinajstić information content (AvgIpc) is 2.47. The van der Waals surface area contributed by atoms with Gasteiger partial charge in [0.25, 0.3) is 0 Å². The molecule has 2 rings (SSSR count). The quantitative estimate of drug-likeness (QED) is 0.507. The van der Waals surface area contributed by atoms with Crippen molar-refractivity contribution >= 4 is 24.3 Å². The SMILES string of the molecule is CSc1ccc2c(c1)B(O)OC2. The minimum Gasteiger partial charge on any atom is -0.423 e. The first-order valence-corrected chi connectivity index (χ1v) is 5.00. The summed E-state index contributed by atoms with van der Waals surface area (Å²) in [4.78, 5) is 1.17. The van der Waals surface area contributed by atoms with Crippen LogP contribution in [-0.4, -0.2) is 18.4 Å². The first-order chi connectivity index (χ1) is 5.81. The van der Waals surface area contributed by atoms with Gasteiger partial charge in [-0.05, 0) is 29.4 Å². The highest BCUT2D eigenvalue weighted by Crippen LogP contribution is 2.17. The Labute approximate surface area is 76.1 Å². The van der Waals surface area contributed by atoms with Crippen molar-refractivity contribution in [1.82, 2.24) is 0 Å². The maximum Gasteiger partial charge on any atom is 0.491 e. The smallest absolute Gasteiger partial charge is 0.423 e. The van der Waals surface area contributed by atoms with Gasteiger partial charge < -0.3 is 9.68 Å². The van der Waals surface area contributed by atoms with E-state index in [1.54, 1.807) is 11.8 Å². The van der Waals surface area contributed by atoms with Crippen molar-refractivity contribution in [3.05, 3.63) is 23.8 Å².